The van der Waals surface area contributed by atoms with Crippen molar-refractivity contribution in [3.63, 3.8) is 0 Å². The van der Waals surface area contributed by atoms with Crippen molar-refractivity contribution in [2.45, 2.75) is 6.23 Å². The second kappa shape index (κ2) is 7.21. The molecule has 0 radical (unpaired) electrons. The van der Waals surface area contributed by atoms with Crippen LogP contribution in [0.15, 0.2) is 24.3 Å². The van der Waals surface area contributed by atoms with E-state index >= 15 is 0 Å². The molecule has 26 heavy (non-hydrogen) atoms. The summed E-state index contributed by atoms with van der Waals surface area (Å²) in [6.45, 7) is 0. The lowest BCUT2D eigenvalue weighted by Gasteiger charge is -2.18. The van der Waals surface area contributed by atoms with Gasteiger partial charge in [0, 0.05) is 17.7 Å². The number of carbonyl (C=O) groups is 1. The highest BCUT2D eigenvalue weighted by Crippen LogP contribution is 2.44. The summed E-state index contributed by atoms with van der Waals surface area (Å²) in [5, 5.41) is 3.54. The molecule has 0 saturated carbocycles. The molecule has 1 atom stereocenters. The van der Waals surface area contributed by atoms with E-state index in [0.717, 1.165) is 0 Å². The van der Waals surface area contributed by atoms with Gasteiger partial charge in [0.15, 0.2) is 11.5 Å². The summed E-state index contributed by atoms with van der Waals surface area (Å²) >= 11 is 6.13. The molecule has 0 aliphatic carbocycles. The number of methoxy groups -OCH3 is 4. The zero-order valence-corrected chi connectivity index (χ0v) is 15.5. The van der Waals surface area contributed by atoms with Crippen molar-refractivity contribution in [2.75, 3.05) is 33.8 Å². The molecule has 2 aromatic rings. The molecule has 0 fully saturated rings. The van der Waals surface area contributed by atoms with E-state index in [1.54, 1.807) is 24.3 Å². The molecule has 1 heterocycles. The average Bonchev–Trinajstić information content (AvgIpc) is 2.97. The van der Waals surface area contributed by atoms with Crippen molar-refractivity contribution in [3.8, 4) is 23.0 Å². The summed E-state index contributed by atoms with van der Waals surface area (Å²) < 4.78 is 26.6. The number of benzene rings is 2. The smallest absolute Gasteiger partial charge is 0.344 e. The summed E-state index contributed by atoms with van der Waals surface area (Å²) in [7, 11) is 6.01. The van der Waals surface area contributed by atoms with Crippen molar-refractivity contribution >= 4 is 23.3 Å². The zero-order chi connectivity index (χ0) is 18.8. The third-order valence-electron chi connectivity index (χ3n) is 4.05. The molecule has 1 aliphatic rings. The van der Waals surface area contributed by atoms with Crippen LogP contribution >= 0.6 is 11.6 Å². The number of nitrogens with one attached hydrogen (secondary N) is 1. The maximum absolute atomic E-state index is 12.4. The van der Waals surface area contributed by atoms with Crippen molar-refractivity contribution in [2.24, 2.45) is 0 Å². The fourth-order valence-electron chi connectivity index (χ4n) is 2.82. The highest BCUT2D eigenvalue weighted by molar-refractivity contribution is 6.32. The van der Waals surface area contributed by atoms with Gasteiger partial charge in [-0.2, -0.15) is 0 Å². The van der Waals surface area contributed by atoms with Crippen molar-refractivity contribution in [1.82, 2.24) is 0 Å². The average molecular weight is 380 g/mol. The topological polar surface area (TPSA) is 75.3 Å². The summed E-state index contributed by atoms with van der Waals surface area (Å²) in [4.78, 5) is 12.4. The first-order chi connectivity index (χ1) is 12.5. The van der Waals surface area contributed by atoms with Crippen molar-refractivity contribution in [3.05, 3.63) is 40.4 Å². The molecule has 7 nitrogen and oxygen atoms in total. The van der Waals surface area contributed by atoms with E-state index in [4.69, 9.17) is 35.3 Å². The van der Waals surface area contributed by atoms with Gasteiger partial charge in [-0.25, -0.2) is 4.79 Å². The molecule has 1 aliphatic heterocycles. The minimum Gasteiger partial charge on any atom is -0.495 e. The Bertz CT molecular complexity index is 854. The second-order valence-corrected chi connectivity index (χ2v) is 5.79. The lowest BCUT2D eigenvalue weighted by atomic mass is 10.1. The Kier molecular flexibility index (Phi) is 4.99. The van der Waals surface area contributed by atoms with Crippen LogP contribution in [-0.4, -0.2) is 34.4 Å². The molecule has 0 bridgehead atoms. The number of fused-ring (bicyclic) bond motifs is 1. The molecular formula is C18H18ClNO6. The van der Waals surface area contributed by atoms with E-state index in [9.17, 15) is 4.79 Å². The van der Waals surface area contributed by atoms with Gasteiger partial charge in [-0.05, 0) is 12.1 Å². The zero-order valence-electron chi connectivity index (χ0n) is 14.7. The van der Waals surface area contributed by atoms with Crippen LogP contribution in [0.2, 0.25) is 5.02 Å². The Balaban J connectivity index is 2.01. The number of hydrogen-bond acceptors (Lipinski definition) is 7. The van der Waals surface area contributed by atoms with Gasteiger partial charge in [-0.15, -0.1) is 0 Å². The first-order valence-corrected chi connectivity index (χ1v) is 8.05. The van der Waals surface area contributed by atoms with Gasteiger partial charge in [0.1, 0.15) is 17.1 Å². The van der Waals surface area contributed by atoms with Crippen LogP contribution in [0.1, 0.15) is 22.1 Å². The van der Waals surface area contributed by atoms with Gasteiger partial charge in [-0.3, -0.25) is 0 Å². The SMILES string of the molecule is COc1cc(N[C@H]2OC(=O)c3c2ccc(OC)c3OC)c(OC)cc1Cl. The van der Waals surface area contributed by atoms with Crippen LogP contribution in [0.3, 0.4) is 0 Å². The monoisotopic (exact) mass is 379 g/mol. The van der Waals surface area contributed by atoms with Gasteiger partial charge in [0.2, 0.25) is 6.23 Å². The van der Waals surface area contributed by atoms with Gasteiger partial charge < -0.3 is 29.0 Å². The predicted molar refractivity (Wildman–Crippen MR) is 95.9 cm³/mol. The number of anilines is 1. The summed E-state index contributed by atoms with van der Waals surface area (Å²) in [6.07, 6.45) is -0.725. The largest absolute Gasteiger partial charge is 0.495 e. The molecule has 138 valence electrons. The number of hydrogen-bond donors (Lipinski definition) is 1. The van der Waals surface area contributed by atoms with Crippen molar-refractivity contribution in [1.29, 1.82) is 0 Å². The van der Waals surface area contributed by atoms with E-state index in [2.05, 4.69) is 5.32 Å². The van der Waals surface area contributed by atoms with Gasteiger partial charge in [0.25, 0.3) is 0 Å². The van der Waals surface area contributed by atoms with Gasteiger partial charge >= 0.3 is 5.97 Å². The Labute approximate surface area is 155 Å². The standard InChI is InChI=1S/C18H18ClNO6/c1-22-12-6-5-9-15(16(12)25-4)18(21)26-17(9)20-11-8-13(23-2)10(19)7-14(11)24-3/h5-8,17,20H,1-4H3/t17-/m0/s1. The van der Waals surface area contributed by atoms with Crippen LogP contribution in [0.5, 0.6) is 23.0 Å². The van der Waals surface area contributed by atoms with Crippen LogP contribution in [0.25, 0.3) is 0 Å². The molecule has 0 spiro atoms. The first-order valence-electron chi connectivity index (χ1n) is 7.68. The van der Waals surface area contributed by atoms with Crippen LogP contribution in [0, 0.1) is 0 Å². The normalized spacial score (nSPS) is 15.1. The van der Waals surface area contributed by atoms with Crippen LogP contribution in [0.4, 0.5) is 5.69 Å². The second-order valence-electron chi connectivity index (χ2n) is 5.38. The minimum atomic E-state index is -0.725. The predicted octanol–water partition coefficient (Wildman–Crippen LogP) is 3.66. The maximum Gasteiger partial charge on any atom is 0.344 e. The van der Waals surface area contributed by atoms with Gasteiger partial charge in [0.05, 0.1) is 39.1 Å². The van der Waals surface area contributed by atoms with Crippen LogP contribution in [-0.2, 0) is 4.74 Å². The molecule has 0 aromatic heterocycles. The Hall–Kier alpha value is -2.80. The van der Waals surface area contributed by atoms with Gasteiger partial charge in [-0.1, -0.05) is 11.6 Å². The number of cyclic esters (lactones) is 1. The molecule has 0 unspecified atom stereocenters. The van der Waals surface area contributed by atoms with E-state index in [0.29, 0.717) is 44.8 Å². The number of carbonyl (C=O) groups excluding carboxylic acids is 1. The summed E-state index contributed by atoms with van der Waals surface area (Å²) in [6, 6.07) is 6.76. The van der Waals surface area contributed by atoms with Crippen LogP contribution < -0.4 is 24.3 Å². The van der Waals surface area contributed by atoms with E-state index < -0.39 is 12.2 Å². The van der Waals surface area contributed by atoms with E-state index in [-0.39, 0.29) is 0 Å². The number of esters is 1. The summed E-state index contributed by atoms with van der Waals surface area (Å²) in [5.41, 5.74) is 1.52. The third-order valence-corrected chi connectivity index (χ3v) is 4.35. The number of halogens is 1. The highest BCUT2D eigenvalue weighted by atomic mass is 35.5. The molecular weight excluding hydrogens is 362 g/mol. The van der Waals surface area contributed by atoms with Crippen molar-refractivity contribution < 1.29 is 28.5 Å². The quantitative estimate of drug-likeness (QED) is 0.767. The lowest BCUT2D eigenvalue weighted by Crippen LogP contribution is -2.11. The Morgan fingerprint density at radius 1 is 0.962 bits per heavy atom. The van der Waals surface area contributed by atoms with E-state index in [1.165, 1.54) is 28.4 Å². The molecule has 0 amide bonds. The highest BCUT2D eigenvalue weighted by Gasteiger charge is 2.36. The molecule has 1 N–H and O–H groups in total. The lowest BCUT2D eigenvalue weighted by molar-refractivity contribution is 0.0434. The molecule has 2 aromatic carbocycles. The van der Waals surface area contributed by atoms with E-state index in [1.807, 2.05) is 0 Å². The summed E-state index contributed by atoms with van der Waals surface area (Å²) in [5.74, 6) is 1.23. The fraction of sp³-hybridized carbons (Fsp3) is 0.278. The fourth-order valence-corrected chi connectivity index (χ4v) is 3.05. The third kappa shape index (κ3) is 2.94. The minimum absolute atomic E-state index is 0.323. The number of rotatable bonds is 6. The molecule has 8 heteroatoms. The molecule has 0 saturated heterocycles. The Morgan fingerprint density at radius 2 is 1.65 bits per heavy atom. The molecule has 3 rings (SSSR count). The maximum atomic E-state index is 12.4. The first kappa shape index (κ1) is 18.0. The Morgan fingerprint density at radius 3 is 2.27 bits per heavy atom. The number of ether oxygens (including phenoxy) is 5.